The zero-order chi connectivity index (χ0) is 16.7. The van der Waals surface area contributed by atoms with Crippen LogP contribution < -0.4 is 4.90 Å². The number of nitrogens with zero attached hydrogens (tertiary/aromatic N) is 2. The standard InChI is InChI=1S/C17H19FN2O3/c1-19(2)16(22)7-10-6-12-13(17(10)23)8-11(9-14(12)18)20-5-3-4-15(20)21/h8-10H,3-7H2,1-2H3. The van der Waals surface area contributed by atoms with Crippen molar-refractivity contribution in [2.75, 3.05) is 25.5 Å². The lowest BCUT2D eigenvalue weighted by molar-refractivity contribution is -0.129. The summed E-state index contributed by atoms with van der Waals surface area (Å²) in [7, 11) is 3.26. The van der Waals surface area contributed by atoms with Crippen LogP contribution in [0.3, 0.4) is 0 Å². The van der Waals surface area contributed by atoms with Gasteiger partial charge in [0.1, 0.15) is 5.82 Å². The Bertz CT molecular complexity index is 699. The fourth-order valence-electron chi connectivity index (χ4n) is 3.24. The molecule has 1 aliphatic heterocycles. The van der Waals surface area contributed by atoms with E-state index in [2.05, 4.69) is 0 Å². The van der Waals surface area contributed by atoms with Gasteiger partial charge >= 0.3 is 0 Å². The second-order valence-corrected chi connectivity index (χ2v) is 6.36. The highest BCUT2D eigenvalue weighted by Gasteiger charge is 2.35. The number of benzene rings is 1. The van der Waals surface area contributed by atoms with Crippen molar-refractivity contribution in [1.82, 2.24) is 4.90 Å². The molecule has 1 atom stereocenters. The first kappa shape index (κ1) is 15.6. The molecule has 0 N–H and O–H groups in total. The van der Waals surface area contributed by atoms with Crippen LogP contribution in [-0.4, -0.2) is 43.1 Å². The SMILES string of the molecule is CN(C)C(=O)CC1Cc2c(F)cc(N3CCCC3=O)cc2C1=O. The van der Waals surface area contributed by atoms with Crippen LogP contribution in [0.4, 0.5) is 10.1 Å². The molecule has 1 unspecified atom stereocenters. The number of hydrogen-bond donors (Lipinski definition) is 0. The van der Waals surface area contributed by atoms with Gasteiger partial charge in [-0.2, -0.15) is 0 Å². The Kier molecular flexibility index (Phi) is 3.92. The number of ketones is 1. The lowest BCUT2D eigenvalue weighted by Crippen LogP contribution is -2.26. The van der Waals surface area contributed by atoms with Crippen molar-refractivity contribution < 1.29 is 18.8 Å². The maximum atomic E-state index is 14.4. The summed E-state index contributed by atoms with van der Waals surface area (Å²) < 4.78 is 14.4. The van der Waals surface area contributed by atoms with Gasteiger partial charge in [-0.15, -0.1) is 0 Å². The summed E-state index contributed by atoms with van der Waals surface area (Å²) in [5, 5.41) is 0. The van der Waals surface area contributed by atoms with Gasteiger partial charge in [-0.1, -0.05) is 0 Å². The molecule has 1 aromatic carbocycles. The first-order valence-electron chi connectivity index (χ1n) is 7.75. The van der Waals surface area contributed by atoms with Crippen LogP contribution in [0.5, 0.6) is 0 Å². The molecule has 1 fully saturated rings. The minimum Gasteiger partial charge on any atom is -0.349 e. The summed E-state index contributed by atoms with van der Waals surface area (Å²) in [5.74, 6) is -1.38. The van der Waals surface area contributed by atoms with E-state index < -0.39 is 11.7 Å². The predicted molar refractivity (Wildman–Crippen MR) is 82.8 cm³/mol. The van der Waals surface area contributed by atoms with Crippen LogP contribution in [0.25, 0.3) is 0 Å². The highest BCUT2D eigenvalue weighted by molar-refractivity contribution is 6.05. The van der Waals surface area contributed by atoms with E-state index in [1.807, 2.05) is 0 Å². The van der Waals surface area contributed by atoms with Crippen molar-refractivity contribution in [3.05, 3.63) is 29.1 Å². The molecule has 122 valence electrons. The summed E-state index contributed by atoms with van der Waals surface area (Å²) >= 11 is 0. The van der Waals surface area contributed by atoms with Gasteiger partial charge in [0.2, 0.25) is 11.8 Å². The Balaban J connectivity index is 1.89. The molecule has 0 spiro atoms. The number of rotatable bonds is 3. The summed E-state index contributed by atoms with van der Waals surface area (Å²) in [5.41, 5.74) is 1.12. The van der Waals surface area contributed by atoms with E-state index >= 15 is 0 Å². The Morgan fingerprint density at radius 3 is 2.70 bits per heavy atom. The van der Waals surface area contributed by atoms with E-state index in [4.69, 9.17) is 0 Å². The molecule has 3 rings (SSSR count). The van der Waals surface area contributed by atoms with Gasteiger partial charge in [0.05, 0.1) is 0 Å². The van der Waals surface area contributed by atoms with Crippen LogP contribution in [0.1, 0.15) is 35.2 Å². The molecule has 0 aromatic heterocycles. The van der Waals surface area contributed by atoms with E-state index in [0.29, 0.717) is 29.8 Å². The van der Waals surface area contributed by atoms with Gasteiger partial charge in [-0.25, -0.2) is 4.39 Å². The molecule has 1 heterocycles. The van der Waals surface area contributed by atoms with Crippen LogP contribution in [0, 0.1) is 11.7 Å². The third-order valence-electron chi connectivity index (χ3n) is 4.57. The molecule has 5 nitrogen and oxygen atoms in total. The van der Waals surface area contributed by atoms with E-state index in [-0.39, 0.29) is 30.4 Å². The minimum absolute atomic E-state index is 0.0471. The monoisotopic (exact) mass is 318 g/mol. The van der Waals surface area contributed by atoms with Gasteiger partial charge in [0, 0.05) is 50.7 Å². The molecule has 1 saturated heterocycles. The largest absolute Gasteiger partial charge is 0.349 e. The van der Waals surface area contributed by atoms with Crippen molar-refractivity contribution in [2.45, 2.75) is 25.7 Å². The van der Waals surface area contributed by atoms with Gasteiger partial charge < -0.3 is 9.80 Å². The quantitative estimate of drug-likeness (QED) is 0.854. The lowest BCUT2D eigenvalue weighted by Gasteiger charge is -2.17. The van der Waals surface area contributed by atoms with E-state index in [0.717, 1.165) is 6.42 Å². The first-order chi connectivity index (χ1) is 10.9. The highest BCUT2D eigenvalue weighted by Crippen LogP contribution is 2.35. The molecule has 0 saturated carbocycles. The summed E-state index contributed by atoms with van der Waals surface area (Å²) in [6.45, 7) is 0.549. The second kappa shape index (κ2) is 5.76. The molecule has 2 amide bonds. The minimum atomic E-state index is -0.515. The third kappa shape index (κ3) is 2.73. The number of Topliss-reactive ketones (excluding diaryl/α,β-unsaturated/α-hetero) is 1. The van der Waals surface area contributed by atoms with Gasteiger partial charge in [-0.05, 0) is 30.5 Å². The number of anilines is 1. The zero-order valence-corrected chi connectivity index (χ0v) is 13.3. The Hall–Kier alpha value is -2.24. The van der Waals surface area contributed by atoms with Crippen molar-refractivity contribution in [1.29, 1.82) is 0 Å². The third-order valence-corrected chi connectivity index (χ3v) is 4.57. The first-order valence-corrected chi connectivity index (χ1v) is 7.75. The van der Waals surface area contributed by atoms with E-state index in [9.17, 15) is 18.8 Å². The predicted octanol–water partition coefficient (Wildman–Crippen LogP) is 1.79. The molecule has 0 radical (unpaired) electrons. The molecular formula is C17H19FN2O3. The van der Waals surface area contributed by atoms with Crippen LogP contribution in [0.2, 0.25) is 0 Å². The number of carbonyl (C=O) groups is 3. The molecular weight excluding hydrogens is 299 g/mol. The summed E-state index contributed by atoms with van der Waals surface area (Å²) in [6, 6.07) is 2.93. The van der Waals surface area contributed by atoms with E-state index in [1.54, 1.807) is 20.2 Å². The van der Waals surface area contributed by atoms with Gasteiger partial charge in [-0.3, -0.25) is 14.4 Å². The lowest BCUT2D eigenvalue weighted by atomic mass is 10.0. The maximum absolute atomic E-state index is 14.4. The molecule has 1 aliphatic carbocycles. The fourth-order valence-corrected chi connectivity index (χ4v) is 3.24. The average molecular weight is 318 g/mol. The smallest absolute Gasteiger partial charge is 0.227 e. The average Bonchev–Trinajstić information content (AvgIpc) is 3.05. The fraction of sp³-hybridized carbons (Fsp3) is 0.471. The molecule has 23 heavy (non-hydrogen) atoms. The summed E-state index contributed by atoms with van der Waals surface area (Å²) in [4.78, 5) is 39.1. The number of halogens is 1. The normalized spacial score (nSPS) is 20.1. The molecule has 1 aromatic rings. The van der Waals surface area contributed by atoms with Gasteiger partial charge in [0.15, 0.2) is 5.78 Å². The molecule has 6 heteroatoms. The number of amides is 2. The highest BCUT2D eigenvalue weighted by atomic mass is 19.1. The zero-order valence-electron chi connectivity index (χ0n) is 13.3. The molecule has 2 aliphatic rings. The Morgan fingerprint density at radius 1 is 1.35 bits per heavy atom. The van der Waals surface area contributed by atoms with Crippen LogP contribution in [-0.2, 0) is 16.0 Å². The molecule has 0 bridgehead atoms. The Labute approximate surface area is 134 Å². The van der Waals surface area contributed by atoms with Crippen LogP contribution >= 0.6 is 0 Å². The number of carbonyl (C=O) groups excluding carboxylic acids is 3. The number of hydrogen-bond acceptors (Lipinski definition) is 3. The Morgan fingerprint density at radius 2 is 2.09 bits per heavy atom. The van der Waals surface area contributed by atoms with Crippen molar-refractivity contribution in [2.24, 2.45) is 5.92 Å². The summed E-state index contributed by atoms with van der Waals surface area (Å²) in [6.07, 6.45) is 1.52. The van der Waals surface area contributed by atoms with Crippen molar-refractivity contribution in [3.8, 4) is 0 Å². The van der Waals surface area contributed by atoms with E-state index in [1.165, 1.54) is 15.9 Å². The van der Waals surface area contributed by atoms with Crippen molar-refractivity contribution >= 4 is 23.3 Å². The van der Waals surface area contributed by atoms with Crippen molar-refractivity contribution in [3.63, 3.8) is 0 Å². The maximum Gasteiger partial charge on any atom is 0.227 e. The topological polar surface area (TPSA) is 57.7 Å². The van der Waals surface area contributed by atoms with Crippen LogP contribution in [0.15, 0.2) is 12.1 Å². The van der Waals surface area contributed by atoms with Gasteiger partial charge in [0.25, 0.3) is 0 Å². The number of fused-ring (bicyclic) bond motifs is 1. The second-order valence-electron chi connectivity index (χ2n) is 6.36.